The number of rotatable bonds is 13. The minimum atomic E-state index is -0.144. The molecule has 0 radical (unpaired) electrons. The SMILES string of the molecule is CCCCCCCSc1ccc(NC(=O)c2ccc(OC3CCB(C#N)C3)cc2N(C)SC)cc1. The Morgan fingerprint density at radius 2 is 1.97 bits per heavy atom. The molecule has 1 atom stereocenters. The summed E-state index contributed by atoms with van der Waals surface area (Å²) in [5.41, 5.74) is 2.19. The third-order valence-electron chi connectivity index (χ3n) is 6.33. The van der Waals surface area contributed by atoms with Gasteiger partial charge in [0.15, 0.2) is 0 Å². The number of nitriles is 1. The summed E-state index contributed by atoms with van der Waals surface area (Å²) in [7, 11) is 1.94. The molecule has 2 aromatic rings. The van der Waals surface area contributed by atoms with Gasteiger partial charge in [-0.2, -0.15) is 0 Å². The van der Waals surface area contributed by atoms with Crippen LogP contribution >= 0.6 is 23.7 Å². The van der Waals surface area contributed by atoms with Crippen molar-refractivity contribution >= 4 is 47.7 Å². The molecule has 1 fully saturated rings. The van der Waals surface area contributed by atoms with Crippen LogP contribution in [0.1, 0.15) is 55.8 Å². The Bertz CT molecular complexity index is 997. The zero-order chi connectivity index (χ0) is 25.0. The van der Waals surface area contributed by atoms with E-state index in [-0.39, 0.29) is 18.7 Å². The van der Waals surface area contributed by atoms with Gasteiger partial charge in [0.25, 0.3) is 12.6 Å². The van der Waals surface area contributed by atoms with Crippen LogP contribution in [0, 0.1) is 11.2 Å². The van der Waals surface area contributed by atoms with Crippen LogP contribution in [0.4, 0.5) is 11.4 Å². The van der Waals surface area contributed by atoms with Gasteiger partial charge < -0.3 is 14.4 Å². The van der Waals surface area contributed by atoms with E-state index in [9.17, 15) is 4.79 Å². The Morgan fingerprint density at radius 3 is 2.66 bits per heavy atom. The molecule has 0 bridgehead atoms. The van der Waals surface area contributed by atoms with Crippen molar-refractivity contribution in [1.29, 1.82) is 5.26 Å². The number of carbonyl (C=O) groups excluding carboxylic acids is 1. The van der Waals surface area contributed by atoms with Crippen LogP contribution in [0.15, 0.2) is 47.4 Å². The van der Waals surface area contributed by atoms with E-state index in [0.717, 1.165) is 41.9 Å². The van der Waals surface area contributed by atoms with E-state index < -0.39 is 0 Å². The molecule has 0 aliphatic carbocycles. The van der Waals surface area contributed by atoms with E-state index >= 15 is 0 Å². The van der Waals surface area contributed by atoms with Crippen molar-refractivity contribution in [3.05, 3.63) is 48.0 Å². The quantitative estimate of drug-likeness (QED) is 0.131. The van der Waals surface area contributed by atoms with E-state index in [1.807, 2.05) is 59.7 Å². The molecule has 5 nitrogen and oxygen atoms in total. The van der Waals surface area contributed by atoms with E-state index in [1.54, 1.807) is 0 Å². The van der Waals surface area contributed by atoms with Gasteiger partial charge in [0.1, 0.15) is 5.75 Å². The van der Waals surface area contributed by atoms with Crippen molar-refractivity contribution in [1.82, 2.24) is 0 Å². The number of hydrogen-bond acceptors (Lipinski definition) is 6. The van der Waals surface area contributed by atoms with Crippen molar-refractivity contribution in [2.75, 3.05) is 28.7 Å². The predicted octanol–water partition coefficient (Wildman–Crippen LogP) is 7.42. The lowest BCUT2D eigenvalue weighted by atomic mass is 9.50. The van der Waals surface area contributed by atoms with Crippen LogP contribution in [0.3, 0.4) is 0 Å². The topological polar surface area (TPSA) is 65.4 Å². The van der Waals surface area contributed by atoms with E-state index in [0.29, 0.717) is 5.56 Å². The molecule has 8 heteroatoms. The first-order chi connectivity index (χ1) is 17.0. The minimum Gasteiger partial charge on any atom is -0.491 e. The molecule has 2 aromatic carbocycles. The fourth-order valence-electron chi connectivity index (χ4n) is 4.22. The summed E-state index contributed by atoms with van der Waals surface area (Å²) < 4.78 is 8.11. The van der Waals surface area contributed by atoms with Crippen molar-refractivity contribution < 1.29 is 9.53 Å². The lowest BCUT2D eigenvalue weighted by molar-refractivity contribution is 0.102. The first-order valence-corrected chi connectivity index (χ1v) is 14.7. The second kappa shape index (κ2) is 14.4. The largest absolute Gasteiger partial charge is 0.491 e. The number of nitrogens with one attached hydrogen (secondary N) is 1. The minimum absolute atomic E-state index is 0.0551. The fraction of sp³-hybridized carbons (Fsp3) is 0.481. The average Bonchev–Trinajstić information content (AvgIpc) is 3.34. The molecule has 3 rings (SSSR count). The number of hydrogen-bond donors (Lipinski definition) is 1. The number of carbonyl (C=O) groups is 1. The zero-order valence-corrected chi connectivity index (χ0v) is 22.7. The maximum atomic E-state index is 13.1. The van der Waals surface area contributed by atoms with Crippen molar-refractivity contribution in [3.63, 3.8) is 0 Å². The van der Waals surface area contributed by atoms with Gasteiger partial charge in [-0.1, -0.05) is 50.9 Å². The summed E-state index contributed by atoms with van der Waals surface area (Å²) in [4.78, 5) is 14.4. The van der Waals surface area contributed by atoms with Gasteiger partial charge in [0, 0.05) is 35.9 Å². The van der Waals surface area contributed by atoms with Gasteiger partial charge in [0.05, 0.1) is 17.4 Å². The molecule has 1 aliphatic rings. The zero-order valence-electron chi connectivity index (χ0n) is 21.1. The average molecular weight is 510 g/mol. The monoisotopic (exact) mass is 509 g/mol. The third-order valence-corrected chi connectivity index (χ3v) is 8.17. The van der Waals surface area contributed by atoms with Gasteiger partial charge >= 0.3 is 0 Å². The lowest BCUT2D eigenvalue weighted by Crippen LogP contribution is -2.18. The van der Waals surface area contributed by atoms with Crippen LogP contribution in [-0.4, -0.2) is 37.8 Å². The van der Waals surface area contributed by atoms with Crippen LogP contribution in [0.5, 0.6) is 5.75 Å². The Balaban J connectivity index is 1.60. The molecular formula is C27H36BN3O2S2. The van der Waals surface area contributed by atoms with Crippen molar-refractivity contribution in [2.24, 2.45) is 0 Å². The van der Waals surface area contributed by atoms with Crippen molar-refractivity contribution in [2.45, 2.75) is 69.1 Å². The summed E-state index contributed by atoms with van der Waals surface area (Å²) in [6.07, 6.45) is 11.0. The number of anilines is 2. The summed E-state index contributed by atoms with van der Waals surface area (Å²) in [6, 6.07) is 13.7. The molecule has 1 heterocycles. The molecule has 186 valence electrons. The molecule has 1 saturated heterocycles. The molecule has 0 spiro atoms. The normalized spacial score (nSPS) is 15.0. The van der Waals surface area contributed by atoms with E-state index in [2.05, 4.69) is 30.3 Å². The lowest BCUT2D eigenvalue weighted by Gasteiger charge is -2.21. The van der Waals surface area contributed by atoms with Crippen molar-refractivity contribution in [3.8, 4) is 11.7 Å². The molecule has 1 aliphatic heterocycles. The standard InChI is InChI=1S/C27H36BN3O2S2/c1-4-5-6-7-8-17-35-24-12-9-21(10-13-24)30-27(32)25-14-11-22(18-26(25)31(2)34-3)33-23-15-16-28(19-23)20-29/h9-14,18,23H,4-8,15-17,19H2,1-3H3,(H,30,32). The number of ether oxygens (including phenoxy) is 1. The maximum absolute atomic E-state index is 13.1. The highest BCUT2D eigenvalue weighted by atomic mass is 32.2. The smallest absolute Gasteiger partial charge is 0.271 e. The number of unbranched alkanes of at least 4 members (excludes halogenated alkanes) is 4. The van der Waals surface area contributed by atoms with Crippen LogP contribution in [-0.2, 0) is 0 Å². The molecule has 1 amide bonds. The predicted molar refractivity (Wildman–Crippen MR) is 152 cm³/mol. The first kappa shape index (κ1) is 27.4. The Kier molecular flexibility index (Phi) is 11.2. The highest BCUT2D eigenvalue weighted by Gasteiger charge is 2.29. The second-order valence-corrected chi connectivity index (χ2v) is 11.1. The van der Waals surface area contributed by atoms with Crippen LogP contribution in [0.2, 0.25) is 12.6 Å². The molecule has 0 saturated carbocycles. The fourth-order valence-corrected chi connectivity index (χ4v) is 5.48. The van der Waals surface area contributed by atoms with Gasteiger partial charge in [-0.15, -0.1) is 11.8 Å². The number of amides is 1. The molecule has 0 aromatic heterocycles. The summed E-state index contributed by atoms with van der Waals surface area (Å²) >= 11 is 3.41. The maximum Gasteiger partial charge on any atom is 0.271 e. The molecule has 1 unspecified atom stereocenters. The number of nitrogens with zero attached hydrogens (tertiary/aromatic N) is 2. The van der Waals surface area contributed by atoms with Gasteiger partial charge in [-0.05, 0) is 61.3 Å². The Labute approximate surface area is 219 Å². The third kappa shape index (κ3) is 8.43. The number of benzene rings is 2. The van der Waals surface area contributed by atoms with Crippen LogP contribution < -0.4 is 14.4 Å². The molecule has 1 N–H and O–H groups in total. The first-order valence-electron chi connectivity index (χ1n) is 12.6. The summed E-state index contributed by atoms with van der Waals surface area (Å²) in [5.74, 6) is 4.06. The number of thioether (sulfide) groups is 1. The Hall–Kier alpha value is -2.24. The molecular weight excluding hydrogens is 473 g/mol. The summed E-state index contributed by atoms with van der Waals surface area (Å²) in [5, 5.41) is 12.2. The highest BCUT2D eigenvalue weighted by molar-refractivity contribution is 8.00. The van der Waals surface area contributed by atoms with E-state index in [1.165, 1.54) is 48.9 Å². The van der Waals surface area contributed by atoms with Gasteiger partial charge in [-0.3, -0.25) is 4.79 Å². The second-order valence-electron chi connectivity index (χ2n) is 8.98. The van der Waals surface area contributed by atoms with Gasteiger partial charge in [0.2, 0.25) is 0 Å². The highest BCUT2D eigenvalue weighted by Crippen LogP contribution is 2.32. The van der Waals surface area contributed by atoms with Crippen LogP contribution in [0.25, 0.3) is 0 Å². The Morgan fingerprint density at radius 1 is 1.20 bits per heavy atom. The van der Waals surface area contributed by atoms with Gasteiger partial charge in [-0.25, -0.2) is 5.26 Å². The van der Waals surface area contributed by atoms with E-state index in [4.69, 9.17) is 10.00 Å². The molecule has 35 heavy (non-hydrogen) atoms. The summed E-state index contributed by atoms with van der Waals surface area (Å²) in [6.45, 7) is 2.32.